The molecule has 0 aliphatic carbocycles. The van der Waals surface area contributed by atoms with Crippen molar-refractivity contribution in [2.24, 2.45) is 11.8 Å². The normalized spacial score (nSPS) is 32.3. The molecule has 2 aliphatic heterocycles. The molecule has 0 amide bonds. The zero-order valence-corrected chi connectivity index (χ0v) is 9.02. The zero-order chi connectivity index (χ0) is 10.7. The average molecular weight is 213 g/mol. The third-order valence-corrected chi connectivity index (χ3v) is 3.39. The van der Waals surface area contributed by atoms with E-state index in [9.17, 15) is 4.79 Å². The minimum Gasteiger partial charge on any atom is -0.396 e. The molecule has 2 aliphatic rings. The molecule has 0 bridgehead atoms. The van der Waals surface area contributed by atoms with Crippen LogP contribution in [0.15, 0.2) is 0 Å². The van der Waals surface area contributed by atoms with Crippen LogP contribution in [0.5, 0.6) is 0 Å². The summed E-state index contributed by atoms with van der Waals surface area (Å²) in [6, 6.07) is 0. The van der Waals surface area contributed by atoms with Gasteiger partial charge >= 0.3 is 0 Å². The number of aliphatic hydroxyl groups excluding tert-OH is 1. The third kappa shape index (κ3) is 2.77. The molecule has 0 saturated carbocycles. The molecule has 2 atom stereocenters. The fourth-order valence-corrected chi connectivity index (χ4v) is 2.34. The highest BCUT2D eigenvalue weighted by Crippen LogP contribution is 2.18. The maximum atomic E-state index is 11.8. The summed E-state index contributed by atoms with van der Waals surface area (Å²) in [5.41, 5.74) is 0. The third-order valence-electron chi connectivity index (χ3n) is 3.39. The summed E-state index contributed by atoms with van der Waals surface area (Å²) < 4.78 is 5.21. The van der Waals surface area contributed by atoms with E-state index in [0.29, 0.717) is 24.9 Å². The molecule has 0 spiro atoms. The van der Waals surface area contributed by atoms with Gasteiger partial charge in [0.1, 0.15) is 0 Å². The minimum absolute atomic E-state index is 0.123. The van der Waals surface area contributed by atoms with Crippen molar-refractivity contribution >= 4 is 5.78 Å². The van der Waals surface area contributed by atoms with Crippen LogP contribution in [0.1, 0.15) is 12.8 Å². The fourth-order valence-electron chi connectivity index (χ4n) is 2.34. The van der Waals surface area contributed by atoms with Crippen molar-refractivity contribution in [2.75, 3.05) is 39.5 Å². The van der Waals surface area contributed by atoms with Gasteiger partial charge in [0.05, 0.1) is 13.2 Å². The highest BCUT2D eigenvalue weighted by molar-refractivity contribution is 5.83. The number of hydrogen-bond donors (Lipinski definition) is 1. The molecule has 2 rings (SSSR count). The number of rotatable bonds is 4. The molecule has 15 heavy (non-hydrogen) atoms. The Labute approximate surface area is 90.2 Å². The Hall–Kier alpha value is -0.450. The van der Waals surface area contributed by atoms with Crippen molar-refractivity contribution in [3.8, 4) is 0 Å². The number of ether oxygens (including phenoxy) is 1. The first-order valence-corrected chi connectivity index (χ1v) is 5.73. The SMILES string of the molecule is O=C(CN1CCC(CO)C1)C1CCOC1. The number of carbonyl (C=O) groups is 1. The fraction of sp³-hybridized carbons (Fsp3) is 0.909. The van der Waals surface area contributed by atoms with E-state index in [4.69, 9.17) is 9.84 Å². The first-order valence-electron chi connectivity index (χ1n) is 5.73. The van der Waals surface area contributed by atoms with Gasteiger partial charge in [0.15, 0.2) is 5.78 Å². The predicted octanol–water partition coefficient (Wildman–Crippen LogP) is -0.0938. The summed E-state index contributed by atoms with van der Waals surface area (Å²) in [7, 11) is 0. The molecule has 2 fully saturated rings. The largest absolute Gasteiger partial charge is 0.396 e. The number of nitrogens with zero attached hydrogens (tertiary/aromatic N) is 1. The predicted molar refractivity (Wildman–Crippen MR) is 55.6 cm³/mol. The number of hydrogen-bond acceptors (Lipinski definition) is 4. The average Bonchev–Trinajstić information content (AvgIpc) is 2.87. The van der Waals surface area contributed by atoms with Crippen LogP contribution < -0.4 is 0 Å². The van der Waals surface area contributed by atoms with Crippen LogP contribution in [0.4, 0.5) is 0 Å². The van der Waals surface area contributed by atoms with Crippen LogP contribution in [0.3, 0.4) is 0 Å². The smallest absolute Gasteiger partial charge is 0.152 e. The first kappa shape index (κ1) is 11.0. The molecule has 1 N–H and O–H groups in total. The quantitative estimate of drug-likeness (QED) is 0.709. The van der Waals surface area contributed by atoms with Gasteiger partial charge in [-0.2, -0.15) is 0 Å². The molecule has 2 unspecified atom stereocenters. The van der Waals surface area contributed by atoms with Crippen molar-refractivity contribution in [3.05, 3.63) is 0 Å². The van der Waals surface area contributed by atoms with E-state index in [1.165, 1.54) is 0 Å². The van der Waals surface area contributed by atoms with Crippen molar-refractivity contribution in [1.29, 1.82) is 0 Å². The van der Waals surface area contributed by atoms with E-state index in [1.54, 1.807) is 0 Å². The molecular formula is C11H19NO3. The van der Waals surface area contributed by atoms with Crippen LogP contribution in [-0.2, 0) is 9.53 Å². The van der Waals surface area contributed by atoms with Gasteiger partial charge in [-0.1, -0.05) is 0 Å². The first-order chi connectivity index (χ1) is 7.29. The van der Waals surface area contributed by atoms with Crippen LogP contribution >= 0.6 is 0 Å². The second kappa shape index (κ2) is 5.05. The standard InChI is InChI=1S/C11H19NO3/c13-7-9-1-3-12(5-9)6-11(14)10-2-4-15-8-10/h9-10,13H,1-8H2. The maximum absolute atomic E-state index is 11.8. The Morgan fingerprint density at radius 1 is 1.47 bits per heavy atom. The second-order valence-electron chi connectivity index (χ2n) is 4.60. The topological polar surface area (TPSA) is 49.8 Å². The number of Topliss-reactive ketones (excluding diaryl/α,β-unsaturated/α-hetero) is 1. The molecule has 4 nitrogen and oxygen atoms in total. The molecule has 2 heterocycles. The summed E-state index contributed by atoms with van der Waals surface area (Å²) in [4.78, 5) is 14.0. The van der Waals surface area contributed by atoms with Crippen molar-refractivity contribution in [2.45, 2.75) is 12.8 Å². The monoisotopic (exact) mass is 213 g/mol. The van der Waals surface area contributed by atoms with Gasteiger partial charge in [0.25, 0.3) is 0 Å². The van der Waals surface area contributed by atoms with E-state index >= 15 is 0 Å². The summed E-state index contributed by atoms with van der Waals surface area (Å²) in [6.45, 7) is 3.95. The van der Waals surface area contributed by atoms with Gasteiger partial charge in [-0.15, -0.1) is 0 Å². The van der Waals surface area contributed by atoms with Gasteiger partial charge in [-0.25, -0.2) is 0 Å². The Morgan fingerprint density at radius 2 is 2.33 bits per heavy atom. The number of carbonyl (C=O) groups excluding carboxylic acids is 1. The Morgan fingerprint density at radius 3 is 2.93 bits per heavy atom. The lowest BCUT2D eigenvalue weighted by molar-refractivity contribution is -0.123. The molecule has 0 aromatic carbocycles. The van der Waals surface area contributed by atoms with Crippen molar-refractivity contribution in [1.82, 2.24) is 4.90 Å². The Kier molecular flexibility index (Phi) is 3.72. The van der Waals surface area contributed by atoms with Crippen molar-refractivity contribution < 1.29 is 14.6 Å². The minimum atomic E-state index is 0.123. The van der Waals surface area contributed by atoms with Crippen LogP contribution in [0.25, 0.3) is 0 Å². The highest BCUT2D eigenvalue weighted by atomic mass is 16.5. The summed E-state index contributed by atoms with van der Waals surface area (Å²) >= 11 is 0. The molecule has 86 valence electrons. The van der Waals surface area contributed by atoms with Crippen LogP contribution in [0, 0.1) is 11.8 Å². The zero-order valence-electron chi connectivity index (χ0n) is 9.02. The summed E-state index contributed by atoms with van der Waals surface area (Å²) in [5, 5.41) is 9.00. The number of ketones is 1. The molecule has 0 radical (unpaired) electrons. The van der Waals surface area contributed by atoms with Gasteiger partial charge in [-0.05, 0) is 25.3 Å². The lowest BCUT2D eigenvalue weighted by atomic mass is 10.0. The molecule has 2 saturated heterocycles. The molecule has 0 aromatic heterocycles. The molecular weight excluding hydrogens is 194 g/mol. The van der Waals surface area contributed by atoms with E-state index < -0.39 is 0 Å². The molecule has 4 heteroatoms. The van der Waals surface area contributed by atoms with Gasteiger partial charge in [0.2, 0.25) is 0 Å². The number of likely N-dealkylation sites (tertiary alicyclic amines) is 1. The van der Waals surface area contributed by atoms with E-state index in [1.807, 2.05) is 0 Å². The maximum Gasteiger partial charge on any atom is 0.152 e. The summed E-state index contributed by atoms with van der Waals surface area (Å²) in [6.07, 6.45) is 1.90. The Bertz CT molecular complexity index is 226. The van der Waals surface area contributed by atoms with Gasteiger partial charge < -0.3 is 9.84 Å². The lowest BCUT2D eigenvalue weighted by Gasteiger charge is -2.16. The van der Waals surface area contributed by atoms with Crippen LogP contribution in [-0.4, -0.2) is 55.2 Å². The highest BCUT2D eigenvalue weighted by Gasteiger charge is 2.28. The van der Waals surface area contributed by atoms with E-state index in [-0.39, 0.29) is 12.5 Å². The lowest BCUT2D eigenvalue weighted by Crippen LogP contribution is -2.32. The van der Waals surface area contributed by atoms with Crippen LogP contribution in [0.2, 0.25) is 0 Å². The van der Waals surface area contributed by atoms with Crippen molar-refractivity contribution in [3.63, 3.8) is 0 Å². The van der Waals surface area contributed by atoms with E-state index in [0.717, 1.165) is 32.5 Å². The van der Waals surface area contributed by atoms with E-state index in [2.05, 4.69) is 4.90 Å². The van der Waals surface area contributed by atoms with Gasteiger partial charge in [0, 0.05) is 25.7 Å². The second-order valence-corrected chi connectivity index (χ2v) is 4.60. The van der Waals surface area contributed by atoms with Gasteiger partial charge in [-0.3, -0.25) is 9.69 Å². The Balaban J connectivity index is 1.74. The number of aliphatic hydroxyl groups is 1. The summed E-state index contributed by atoms with van der Waals surface area (Å²) in [5.74, 6) is 0.807. The molecule has 0 aromatic rings.